The molecule has 4 rings (SSSR count). The number of rotatable bonds is 9. The maximum Gasteiger partial charge on any atom is 0.490 e. The van der Waals surface area contributed by atoms with Gasteiger partial charge in [-0.25, -0.2) is 23.4 Å². The maximum absolute atomic E-state index is 14.1. The summed E-state index contributed by atoms with van der Waals surface area (Å²) in [6.07, 6.45) is -5.08. The number of fused-ring (bicyclic) bond motifs is 1. The first-order valence-electron chi connectivity index (χ1n) is 13.2. The van der Waals surface area contributed by atoms with Crippen LogP contribution in [0.3, 0.4) is 0 Å². The molecule has 0 spiro atoms. The van der Waals surface area contributed by atoms with Crippen molar-refractivity contribution in [2.24, 2.45) is 5.73 Å². The number of nitrogens with two attached hydrogens (primary N) is 1. The molecule has 3 aromatic heterocycles. The molecular weight excluding hydrogens is 609 g/mol. The number of aromatic nitrogens is 3. The second-order valence-corrected chi connectivity index (χ2v) is 9.35. The summed E-state index contributed by atoms with van der Waals surface area (Å²) in [5, 5.41) is 14.4. The Morgan fingerprint density at radius 3 is 2.27 bits per heavy atom. The minimum absolute atomic E-state index is 0.0187. The molecule has 0 aliphatic rings. The highest BCUT2D eigenvalue weighted by atomic mass is 19.4. The normalized spacial score (nSPS) is 11.8. The van der Waals surface area contributed by atoms with Crippen LogP contribution in [-0.2, 0) is 16.1 Å². The number of carboxylic acids is 1. The van der Waals surface area contributed by atoms with Gasteiger partial charge in [0.15, 0.2) is 0 Å². The van der Waals surface area contributed by atoms with E-state index in [1.165, 1.54) is 16.6 Å². The fourth-order valence-electron chi connectivity index (χ4n) is 4.01. The van der Waals surface area contributed by atoms with Gasteiger partial charge in [0.2, 0.25) is 5.88 Å². The van der Waals surface area contributed by atoms with Crippen LogP contribution in [-0.4, -0.2) is 56.9 Å². The second-order valence-electron chi connectivity index (χ2n) is 9.35. The van der Waals surface area contributed by atoms with Crippen LogP contribution in [0.25, 0.3) is 5.52 Å². The van der Waals surface area contributed by atoms with Crippen molar-refractivity contribution in [1.29, 1.82) is 0 Å². The minimum Gasteiger partial charge on any atom is -0.475 e. The van der Waals surface area contributed by atoms with Gasteiger partial charge in [0.05, 0.1) is 40.7 Å². The number of benzene rings is 1. The molecule has 1 unspecified atom stereocenters. The summed E-state index contributed by atoms with van der Waals surface area (Å²) in [7, 11) is 0. The van der Waals surface area contributed by atoms with Crippen LogP contribution in [0.15, 0.2) is 48.5 Å². The molecule has 4 N–H and O–H groups in total. The topological polar surface area (TPSA) is 158 Å². The summed E-state index contributed by atoms with van der Waals surface area (Å²) in [4.78, 5) is 38.7. The Balaban J connectivity index is 0.000000707. The highest BCUT2D eigenvalue weighted by molar-refractivity contribution is 6.02. The molecule has 0 aliphatic carbocycles. The molecule has 1 aromatic carbocycles. The van der Waals surface area contributed by atoms with Gasteiger partial charge < -0.3 is 25.6 Å². The maximum atomic E-state index is 14.1. The third kappa shape index (κ3) is 8.50. The molecule has 11 nitrogen and oxygen atoms in total. The number of aryl methyl sites for hydroxylation is 2. The zero-order chi connectivity index (χ0) is 33.5. The number of nitrogens with one attached hydrogen (secondary N) is 1. The number of carbonyl (C=O) groups excluding carboxylic acids is 2. The zero-order valence-electron chi connectivity index (χ0n) is 24.1. The summed E-state index contributed by atoms with van der Waals surface area (Å²) in [5.41, 5.74) is 8.08. The van der Waals surface area contributed by atoms with Crippen molar-refractivity contribution in [1.82, 2.24) is 19.9 Å². The molecule has 4 aromatic rings. The van der Waals surface area contributed by atoms with Crippen LogP contribution < -0.4 is 15.8 Å². The average molecular weight is 638 g/mol. The fourth-order valence-corrected chi connectivity index (χ4v) is 4.01. The number of aliphatic carboxylic acids is 1. The third-order valence-electron chi connectivity index (χ3n) is 6.07. The Hall–Kier alpha value is -5.12. The second kappa shape index (κ2) is 14.6. The van der Waals surface area contributed by atoms with Crippen LogP contribution in [0, 0.1) is 25.5 Å². The number of amides is 1. The van der Waals surface area contributed by atoms with Crippen molar-refractivity contribution < 1.29 is 50.9 Å². The lowest BCUT2D eigenvalue weighted by Crippen LogP contribution is -2.34. The van der Waals surface area contributed by atoms with Crippen LogP contribution in [0.5, 0.6) is 5.88 Å². The lowest BCUT2D eigenvalue weighted by atomic mass is 10.1. The predicted octanol–water partition coefficient (Wildman–Crippen LogP) is 4.44. The van der Waals surface area contributed by atoms with Gasteiger partial charge in [-0.2, -0.15) is 22.8 Å². The molecule has 16 heteroatoms. The highest BCUT2D eigenvalue weighted by Gasteiger charge is 2.38. The number of hydrogen-bond acceptors (Lipinski definition) is 8. The van der Waals surface area contributed by atoms with Gasteiger partial charge in [0.25, 0.3) is 5.91 Å². The van der Waals surface area contributed by atoms with Crippen molar-refractivity contribution in [2.75, 3.05) is 13.2 Å². The Morgan fingerprint density at radius 1 is 1.07 bits per heavy atom. The van der Waals surface area contributed by atoms with E-state index in [0.717, 1.165) is 17.7 Å². The van der Waals surface area contributed by atoms with Gasteiger partial charge in [-0.1, -0.05) is 12.1 Å². The van der Waals surface area contributed by atoms with Crippen molar-refractivity contribution in [2.45, 2.75) is 39.6 Å². The Morgan fingerprint density at radius 2 is 1.69 bits per heavy atom. The van der Waals surface area contributed by atoms with Crippen molar-refractivity contribution >= 4 is 23.4 Å². The molecule has 1 atom stereocenters. The van der Waals surface area contributed by atoms with Crippen LogP contribution in [0.1, 0.15) is 56.3 Å². The quantitative estimate of drug-likeness (QED) is 0.178. The number of ether oxygens (including phenoxy) is 2. The largest absolute Gasteiger partial charge is 0.490 e. The average Bonchev–Trinajstić information content (AvgIpc) is 3.31. The van der Waals surface area contributed by atoms with Crippen LogP contribution in [0.4, 0.5) is 22.0 Å². The van der Waals surface area contributed by atoms with Gasteiger partial charge in [-0.15, -0.1) is 0 Å². The van der Waals surface area contributed by atoms with Crippen LogP contribution >= 0.6 is 0 Å². The lowest BCUT2D eigenvalue weighted by Gasteiger charge is -2.17. The van der Waals surface area contributed by atoms with Gasteiger partial charge in [-0.05, 0) is 56.7 Å². The fraction of sp³-hybridized carbons (Fsp3) is 0.276. The molecule has 0 fully saturated rings. The minimum atomic E-state index is -5.08. The smallest absolute Gasteiger partial charge is 0.475 e. The van der Waals surface area contributed by atoms with E-state index in [4.69, 9.17) is 25.1 Å². The van der Waals surface area contributed by atoms with Crippen molar-refractivity contribution in [3.05, 3.63) is 93.9 Å². The first kappa shape index (κ1) is 34.4. The molecule has 0 aliphatic heterocycles. The number of nitrogens with zero attached hydrogens (tertiary/aromatic N) is 3. The van der Waals surface area contributed by atoms with E-state index < -0.39 is 41.7 Å². The number of halogens is 5. The molecule has 0 radical (unpaired) electrons. The number of hydrogen-bond donors (Lipinski definition) is 3. The summed E-state index contributed by atoms with van der Waals surface area (Å²) in [5.74, 6) is -5.03. The SMILES string of the molecule is CCOC(=O)c1cccc(C(CN)NC(=O)c2c(C)nn3c(OCc4c(F)cccc4F)cc(C)cc23)n1.O=C(O)C(F)(F)F. The van der Waals surface area contributed by atoms with Gasteiger partial charge in [0.1, 0.15) is 23.9 Å². The first-order valence-corrected chi connectivity index (χ1v) is 13.2. The molecule has 3 heterocycles. The number of pyridine rings is 2. The molecule has 45 heavy (non-hydrogen) atoms. The number of alkyl halides is 3. The third-order valence-corrected chi connectivity index (χ3v) is 6.07. The van der Waals surface area contributed by atoms with E-state index in [0.29, 0.717) is 16.9 Å². The Kier molecular flexibility index (Phi) is 11.1. The number of carboxylic acid groups (broad SMARTS) is 1. The monoisotopic (exact) mass is 637 g/mol. The van der Waals surface area contributed by atoms with Crippen molar-refractivity contribution in [3.8, 4) is 5.88 Å². The van der Waals surface area contributed by atoms with Crippen molar-refractivity contribution in [3.63, 3.8) is 0 Å². The van der Waals surface area contributed by atoms with E-state index in [-0.39, 0.29) is 42.5 Å². The molecule has 240 valence electrons. The number of esters is 1. The molecule has 0 saturated heterocycles. The van der Waals surface area contributed by atoms with Gasteiger partial charge in [0, 0.05) is 12.6 Å². The Bertz CT molecular complexity index is 1690. The van der Waals surface area contributed by atoms with Gasteiger partial charge in [-0.3, -0.25) is 4.79 Å². The summed E-state index contributed by atoms with van der Waals surface area (Å²) in [6.45, 7) is 5.01. The molecule has 1 amide bonds. The van der Waals surface area contributed by atoms with E-state index in [2.05, 4.69) is 15.4 Å². The lowest BCUT2D eigenvalue weighted by molar-refractivity contribution is -0.192. The molecule has 0 bridgehead atoms. The van der Waals surface area contributed by atoms with Crippen LogP contribution in [0.2, 0.25) is 0 Å². The standard InChI is InChI=1S/C27H27F2N5O4.C2HF3O2/c1-4-37-27(36)21-10-6-9-20(31-21)22(13-30)32-26(35)25-16(3)33-34-23(25)11-15(2)12-24(34)38-14-17-18(28)7-5-8-19(17)29;3-2(4,5)1(6)7/h5-12,22H,4,13-14,30H2,1-3H3,(H,32,35);(H,6,7). The molecule has 0 saturated carbocycles. The summed E-state index contributed by atoms with van der Waals surface area (Å²) < 4.78 is 72.1. The summed E-state index contributed by atoms with van der Waals surface area (Å²) in [6, 6.07) is 11.1. The molecular formula is C29H28F5N5O6. The highest BCUT2D eigenvalue weighted by Crippen LogP contribution is 2.25. The Labute approximate surface area is 252 Å². The number of carbonyl (C=O) groups is 3. The van der Waals surface area contributed by atoms with E-state index >= 15 is 0 Å². The predicted molar refractivity (Wildman–Crippen MR) is 149 cm³/mol. The zero-order valence-corrected chi connectivity index (χ0v) is 24.1. The summed E-state index contributed by atoms with van der Waals surface area (Å²) >= 11 is 0. The van der Waals surface area contributed by atoms with E-state index in [1.807, 2.05) is 0 Å². The van der Waals surface area contributed by atoms with E-state index in [1.54, 1.807) is 45.0 Å². The van der Waals surface area contributed by atoms with E-state index in [9.17, 15) is 31.5 Å². The first-order chi connectivity index (χ1) is 21.2. The van der Waals surface area contributed by atoms with Gasteiger partial charge >= 0.3 is 18.1 Å².